The van der Waals surface area contributed by atoms with Crippen molar-refractivity contribution in [1.82, 2.24) is 15.1 Å². The number of amides is 1. The quantitative estimate of drug-likeness (QED) is 0.676. The van der Waals surface area contributed by atoms with Gasteiger partial charge in [-0.25, -0.2) is 0 Å². The Hall–Kier alpha value is -2.88. The van der Waals surface area contributed by atoms with E-state index in [0.29, 0.717) is 0 Å². The molecule has 0 aliphatic carbocycles. The minimum atomic E-state index is 0.147. The molecule has 1 saturated heterocycles. The summed E-state index contributed by atoms with van der Waals surface area (Å²) >= 11 is 0. The Kier molecular flexibility index (Phi) is 4.80. The SMILES string of the molecule is C/C=C(\C)C(=O)N1CCC[C@H](c2[nH]ncc2-c2cccc3ccccc23)C1. The molecule has 1 aliphatic rings. The van der Waals surface area contributed by atoms with E-state index >= 15 is 0 Å². The summed E-state index contributed by atoms with van der Waals surface area (Å²) in [6, 6.07) is 14.8. The van der Waals surface area contributed by atoms with Crippen LogP contribution in [-0.4, -0.2) is 34.1 Å². The lowest BCUT2D eigenvalue weighted by atomic mass is 9.89. The van der Waals surface area contributed by atoms with E-state index in [9.17, 15) is 4.79 Å². The number of carbonyl (C=O) groups is 1. The van der Waals surface area contributed by atoms with Crippen LogP contribution in [0.1, 0.15) is 38.3 Å². The Morgan fingerprint density at radius 1 is 1.19 bits per heavy atom. The van der Waals surface area contributed by atoms with Gasteiger partial charge in [0, 0.05) is 35.8 Å². The molecule has 1 aliphatic heterocycles. The molecular weight excluding hydrogens is 334 g/mol. The molecule has 1 atom stereocenters. The van der Waals surface area contributed by atoms with Crippen molar-refractivity contribution in [2.45, 2.75) is 32.6 Å². The van der Waals surface area contributed by atoms with Crippen molar-refractivity contribution in [2.75, 3.05) is 13.1 Å². The second kappa shape index (κ2) is 7.39. The first-order chi connectivity index (χ1) is 13.2. The van der Waals surface area contributed by atoms with Gasteiger partial charge in [0.1, 0.15) is 0 Å². The molecule has 27 heavy (non-hydrogen) atoms. The molecule has 0 bridgehead atoms. The fraction of sp³-hybridized carbons (Fsp3) is 0.304. The van der Waals surface area contributed by atoms with Gasteiger partial charge in [-0.2, -0.15) is 5.10 Å². The van der Waals surface area contributed by atoms with Crippen molar-refractivity contribution in [3.05, 3.63) is 66.0 Å². The highest BCUT2D eigenvalue weighted by molar-refractivity contribution is 5.97. The van der Waals surface area contributed by atoms with Crippen LogP contribution in [-0.2, 0) is 4.79 Å². The molecule has 4 rings (SSSR count). The van der Waals surface area contributed by atoms with Gasteiger partial charge in [-0.05, 0) is 43.0 Å². The zero-order valence-electron chi connectivity index (χ0n) is 15.9. The number of hydrogen-bond donors (Lipinski definition) is 1. The van der Waals surface area contributed by atoms with E-state index in [4.69, 9.17) is 0 Å². The molecule has 0 radical (unpaired) electrons. The minimum absolute atomic E-state index is 0.147. The molecule has 4 nitrogen and oxygen atoms in total. The van der Waals surface area contributed by atoms with Crippen molar-refractivity contribution in [2.24, 2.45) is 0 Å². The Morgan fingerprint density at radius 2 is 2.00 bits per heavy atom. The standard InChI is InChI=1S/C23H25N3O/c1-3-16(2)23(27)26-13-7-10-18(15-26)22-21(14-24-25-22)20-12-6-9-17-8-4-5-11-19(17)20/h3-6,8-9,11-12,14,18H,7,10,13,15H2,1-2H3,(H,24,25)/b16-3+/t18-/m0/s1. The van der Waals surface area contributed by atoms with Crippen LogP contribution in [0.15, 0.2) is 60.3 Å². The molecule has 2 heterocycles. The van der Waals surface area contributed by atoms with Crippen LogP contribution in [0.3, 0.4) is 0 Å². The molecule has 1 fully saturated rings. The monoisotopic (exact) mass is 359 g/mol. The first kappa shape index (κ1) is 17.5. The van der Waals surface area contributed by atoms with Gasteiger partial charge in [-0.3, -0.25) is 9.89 Å². The number of nitrogens with one attached hydrogen (secondary N) is 1. The number of carbonyl (C=O) groups excluding carboxylic acids is 1. The molecule has 0 saturated carbocycles. The van der Waals surface area contributed by atoms with E-state index in [0.717, 1.165) is 42.8 Å². The maximum absolute atomic E-state index is 12.6. The summed E-state index contributed by atoms with van der Waals surface area (Å²) in [7, 11) is 0. The lowest BCUT2D eigenvalue weighted by molar-refractivity contribution is -0.128. The van der Waals surface area contributed by atoms with Gasteiger partial charge >= 0.3 is 0 Å². The topological polar surface area (TPSA) is 49.0 Å². The zero-order valence-corrected chi connectivity index (χ0v) is 15.9. The number of fused-ring (bicyclic) bond motifs is 1. The molecule has 138 valence electrons. The number of aromatic nitrogens is 2. The lowest BCUT2D eigenvalue weighted by Gasteiger charge is -2.33. The van der Waals surface area contributed by atoms with Gasteiger partial charge in [0.15, 0.2) is 0 Å². The number of piperidine rings is 1. The lowest BCUT2D eigenvalue weighted by Crippen LogP contribution is -2.39. The van der Waals surface area contributed by atoms with Crippen LogP contribution in [0.2, 0.25) is 0 Å². The average molecular weight is 359 g/mol. The van der Waals surface area contributed by atoms with Crippen LogP contribution in [0, 0.1) is 0 Å². The number of rotatable bonds is 3. The van der Waals surface area contributed by atoms with Crippen molar-refractivity contribution in [1.29, 1.82) is 0 Å². The largest absolute Gasteiger partial charge is 0.338 e. The van der Waals surface area contributed by atoms with Gasteiger partial charge in [0.25, 0.3) is 0 Å². The second-order valence-corrected chi connectivity index (χ2v) is 7.29. The molecule has 3 aromatic rings. The molecule has 0 spiro atoms. The molecule has 2 aromatic carbocycles. The summed E-state index contributed by atoms with van der Waals surface area (Å²) in [6.07, 6.45) is 5.90. The Labute approximate surface area is 159 Å². The predicted octanol–water partition coefficient (Wildman–Crippen LogP) is 4.90. The highest BCUT2D eigenvalue weighted by Gasteiger charge is 2.28. The third kappa shape index (κ3) is 3.27. The molecule has 0 unspecified atom stereocenters. The first-order valence-electron chi connectivity index (χ1n) is 9.62. The fourth-order valence-electron chi connectivity index (χ4n) is 4.05. The van der Waals surface area contributed by atoms with Crippen LogP contribution in [0.4, 0.5) is 0 Å². The summed E-state index contributed by atoms with van der Waals surface area (Å²) in [5, 5.41) is 10.1. The number of benzene rings is 2. The summed E-state index contributed by atoms with van der Waals surface area (Å²) in [6.45, 7) is 5.38. The van der Waals surface area contributed by atoms with Gasteiger partial charge < -0.3 is 4.90 Å². The smallest absolute Gasteiger partial charge is 0.249 e. The number of likely N-dealkylation sites (tertiary alicyclic amines) is 1. The molecule has 1 aromatic heterocycles. The molecule has 1 amide bonds. The highest BCUT2D eigenvalue weighted by Crippen LogP contribution is 2.36. The average Bonchev–Trinajstić information content (AvgIpc) is 3.22. The van der Waals surface area contributed by atoms with E-state index in [1.165, 1.54) is 16.3 Å². The van der Waals surface area contributed by atoms with Crippen LogP contribution in [0.25, 0.3) is 21.9 Å². The van der Waals surface area contributed by atoms with Crippen molar-refractivity contribution >= 4 is 16.7 Å². The van der Waals surface area contributed by atoms with Gasteiger partial charge in [0.05, 0.1) is 6.20 Å². The molecule has 4 heteroatoms. The predicted molar refractivity (Wildman–Crippen MR) is 110 cm³/mol. The number of hydrogen-bond acceptors (Lipinski definition) is 2. The number of H-pyrrole nitrogens is 1. The second-order valence-electron chi connectivity index (χ2n) is 7.29. The third-order valence-corrected chi connectivity index (χ3v) is 5.64. The van der Waals surface area contributed by atoms with Crippen LogP contribution in [0.5, 0.6) is 0 Å². The normalized spacial score (nSPS) is 18.1. The first-order valence-corrected chi connectivity index (χ1v) is 9.62. The van der Waals surface area contributed by atoms with Crippen LogP contribution >= 0.6 is 0 Å². The summed E-state index contributed by atoms with van der Waals surface area (Å²) < 4.78 is 0. The fourth-order valence-corrected chi connectivity index (χ4v) is 4.05. The third-order valence-electron chi connectivity index (χ3n) is 5.64. The maximum Gasteiger partial charge on any atom is 0.249 e. The van der Waals surface area contributed by atoms with E-state index < -0.39 is 0 Å². The van der Waals surface area contributed by atoms with Gasteiger partial charge in [-0.1, -0.05) is 48.5 Å². The number of allylic oxidation sites excluding steroid dienone is 1. The van der Waals surface area contributed by atoms with Gasteiger partial charge in [-0.15, -0.1) is 0 Å². The number of aromatic amines is 1. The van der Waals surface area contributed by atoms with Gasteiger partial charge in [0.2, 0.25) is 5.91 Å². The minimum Gasteiger partial charge on any atom is -0.338 e. The highest BCUT2D eigenvalue weighted by atomic mass is 16.2. The molecule has 1 N–H and O–H groups in total. The molecular formula is C23H25N3O. The van der Waals surface area contributed by atoms with E-state index in [1.807, 2.05) is 31.0 Å². The van der Waals surface area contributed by atoms with E-state index in [2.05, 4.69) is 52.7 Å². The van der Waals surface area contributed by atoms with Crippen molar-refractivity contribution in [3.8, 4) is 11.1 Å². The maximum atomic E-state index is 12.6. The van der Waals surface area contributed by atoms with Crippen LogP contribution < -0.4 is 0 Å². The Morgan fingerprint density at radius 3 is 2.85 bits per heavy atom. The van der Waals surface area contributed by atoms with Crippen molar-refractivity contribution in [3.63, 3.8) is 0 Å². The van der Waals surface area contributed by atoms with Crippen molar-refractivity contribution < 1.29 is 4.79 Å². The van der Waals surface area contributed by atoms with E-state index in [-0.39, 0.29) is 11.8 Å². The number of nitrogens with zero attached hydrogens (tertiary/aromatic N) is 2. The Bertz CT molecular complexity index is 996. The summed E-state index contributed by atoms with van der Waals surface area (Å²) in [5.74, 6) is 0.428. The zero-order chi connectivity index (χ0) is 18.8. The Balaban J connectivity index is 1.69. The summed E-state index contributed by atoms with van der Waals surface area (Å²) in [5.41, 5.74) is 4.30. The van der Waals surface area contributed by atoms with E-state index in [1.54, 1.807) is 0 Å². The summed E-state index contributed by atoms with van der Waals surface area (Å²) in [4.78, 5) is 14.6.